The number of hydrogen-bond acceptors (Lipinski definition) is 4. The topological polar surface area (TPSA) is 71.5 Å². The van der Waals surface area contributed by atoms with Gasteiger partial charge in [-0.3, -0.25) is 9.59 Å². The number of aryl methyl sites for hydroxylation is 1. The third-order valence-electron chi connectivity index (χ3n) is 3.92. The highest BCUT2D eigenvalue weighted by atomic mass is 16.5. The first-order valence-electron chi connectivity index (χ1n) is 7.29. The van der Waals surface area contributed by atoms with Crippen LogP contribution in [0.2, 0.25) is 0 Å². The van der Waals surface area contributed by atoms with E-state index in [9.17, 15) is 9.59 Å². The maximum absolute atomic E-state index is 12.3. The maximum atomic E-state index is 12.3. The number of likely N-dealkylation sites (tertiary alicyclic amines) is 1. The van der Waals surface area contributed by atoms with Crippen molar-refractivity contribution in [3.05, 3.63) is 23.9 Å². The fourth-order valence-corrected chi connectivity index (χ4v) is 2.74. The van der Waals surface area contributed by atoms with Gasteiger partial charge in [0.05, 0.1) is 6.54 Å². The van der Waals surface area contributed by atoms with Crippen molar-refractivity contribution < 1.29 is 14.3 Å². The zero-order chi connectivity index (χ0) is 14.8. The van der Waals surface area contributed by atoms with Crippen molar-refractivity contribution in [1.29, 1.82) is 0 Å². The second-order valence-electron chi connectivity index (χ2n) is 5.65. The molecule has 0 saturated carbocycles. The lowest BCUT2D eigenvalue weighted by Crippen LogP contribution is -2.44. The number of nitrogens with one attached hydrogen (secondary N) is 1. The van der Waals surface area contributed by atoms with Crippen LogP contribution >= 0.6 is 0 Å². The fraction of sp³-hybridized carbons (Fsp3) is 0.533. The first-order valence-corrected chi connectivity index (χ1v) is 7.29. The van der Waals surface area contributed by atoms with Crippen molar-refractivity contribution in [2.75, 3.05) is 13.1 Å². The molecule has 1 aromatic rings. The molecule has 0 spiro atoms. The lowest BCUT2D eigenvalue weighted by Gasteiger charge is -2.20. The number of nitrogens with zero attached hydrogens (tertiary/aromatic N) is 2. The zero-order valence-electron chi connectivity index (χ0n) is 12.0. The van der Waals surface area contributed by atoms with E-state index in [2.05, 4.69) is 10.3 Å². The van der Waals surface area contributed by atoms with Crippen LogP contribution in [-0.2, 0) is 9.59 Å². The molecule has 1 aromatic heterocycles. The molecule has 0 aliphatic carbocycles. The smallest absolute Gasteiger partial charge is 0.245 e. The molecule has 2 unspecified atom stereocenters. The van der Waals surface area contributed by atoms with E-state index in [-0.39, 0.29) is 24.0 Å². The molecule has 6 nitrogen and oxygen atoms in total. The second-order valence-corrected chi connectivity index (χ2v) is 5.65. The molecule has 2 atom stereocenters. The van der Waals surface area contributed by atoms with Crippen LogP contribution in [0.5, 0.6) is 5.88 Å². The van der Waals surface area contributed by atoms with Crippen molar-refractivity contribution in [1.82, 2.24) is 15.2 Å². The van der Waals surface area contributed by atoms with Gasteiger partial charge >= 0.3 is 0 Å². The molecule has 0 radical (unpaired) electrons. The summed E-state index contributed by atoms with van der Waals surface area (Å²) in [5, 5.41) is 2.72. The molecule has 6 heteroatoms. The summed E-state index contributed by atoms with van der Waals surface area (Å²) in [6.07, 6.45) is 3.57. The Labute approximate surface area is 123 Å². The Morgan fingerprint density at radius 2 is 2.29 bits per heavy atom. The summed E-state index contributed by atoms with van der Waals surface area (Å²) in [5.41, 5.74) is 1.09. The maximum Gasteiger partial charge on any atom is 0.245 e. The third kappa shape index (κ3) is 3.15. The highest BCUT2D eigenvalue weighted by Crippen LogP contribution is 2.19. The summed E-state index contributed by atoms with van der Waals surface area (Å²) in [7, 11) is 0. The highest BCUT2D eigenvalue weighted by molar-refractivity contribution is 5.90. The molecule has 2 fully saturated rings. The van der Waals surface area contributed by atoms with Crippen LogP contribution < -0.4 is 10.1 Å². The minimum absolute atomic E-state index is 0.00353. The van der Waals surface area contributed by atoms with E-state index in [4.69, 9.17) is 4.74 Å². The van der Waals surface area contributed by atoms with Crippen molar-refractivity contribution in [3.63, 3.8) is 0 Å². The lowest BCUT2D eigenvalue weighted by atomic mass is 10.2. The molecule has 3 heterocycles. The number of rotatable bonds is 3. The summed E-state index contributed by atoms with van der Waals surface area (Å²) >= 11 is 0. The molecule has 2 amide bonds. The molecule has 112 valence electrons. The van der Waals surface area contributed by atoms with Gasteiger partial charge in [-0.05, 0) is 18.9 Å². The summed E-state index contributed by atoms with van der Waals surface area (Å²) in [6, 6.07) is 3.44. The minimum Gasteiger partial charge on any atom is -0.472 e. The molecule has 0 aromatic carbocycles. The fourth-order valence-electron chi connectivity index (χ4n) is 2.74. The van der Waals surface area contributed by atoms with Crippen LogP contribution in [0.4, 0.5) is 0 Å². The third-order valence-corrected chi connectivity index (χ3v) is 3.92. The molecule has 2 aliphatic rings. The van der Waals surface area contributed by atoms with Crippen LogP contribution in [0, 0.1) is 6.92 Å². The zero-order valence-corrected chi connectivity index (χ0v) is 12.0. The average molecular weight is 289 g/mol. The summed E-state index contributed by atoms with van der Waals surface area (Å²) in [4.78, 5) is 29.5. The second kappa shape index (κ2) is 5.71. The SMILES string of the molecule is Cc1ccc(OC2CCN(C(=O)C3CCC(=O)N3)C2)nc1. The van der Waals surface area contributed by atoms with Crippen LogP contribution in [0.1, 0.15) is 24.8 Å². The van der Waals surface area contributed by atoms with E-state index in [1.807, 2.05) is 19.1 Å². The van der Waals surface area contributed by atoms with Crippen LogP contribution in [0.25, 0.3) is 0 Å². The Hall–Kier alpha value is -2.11. The quantitative estimate of drug-likeness (QED) is 0.887. The molecular weight excluding hydrogens is 270 g/mol. The minimum atomic E-state index is -0.353. The highest BCUT2D eigenvalue weighted by Gasteiger charge is 2.35. The standard InChI is InChI=1S/C15H19N3O3/c1-10-2-5-14(16-8-10)21-11-6-7-18(9-11)15(20)12-3-4-13(19)17-12/h2,5,8,11-12H,3-4,6-7,9H2,1H3,(H,17,19). The molecule has 0 bridgehead atoms. The van der Waals surface area contributed by atoms with Gasteiger partial charge in [-0.1, -0.05) is 6.07 Å². The summed E-state index contributed by atoms with van der Waals surface area (Å²) < 4.78 is 5.80. The van der Waals surface area contributed by atoms with Crippen molar-refractivity contribution in [2.24, 2.45) is 0 Å². The predicted molar refractivity (Wildman–Crippen MR) is 75.8 cm³/mol. The number of amides is 2. The first-order chi connectivity index (χ1) is 10.1. The Morgan fingerprint density at radius 3 is 2.95 bits per heavy atom. The van der Waals surface area contributed by atoms with Gasteiger partial charge in [-0.15, -0.1) is 0 Å². The van der Waals surface area contributed by atoms with E-state index in [1.54, 1.807) is 11.1 Å². The van der Waals surface area contributed by atoms with Crippen LogP contribution in [0.3, 0.4) is 0 Å². The average Bonchev–Trinajstić information content (AvgIpc) is 3.10. The Balaban J connectivity index is 1.54. The van der Waals surface area contributed by atoms with E-state index in [0.717, 1.165) is 12.0 Å². The molecule has 3 rings (SSSR count). The van der Waals surface area contributed by atoms with Crippen LogP contribution in [-0.4, -0.2) is 46.9 Å². The molecule has 2 saturated heterocycles. The van der Waals surface area contributed by atoms with Crippen molar-refractivity contribution in [3.8, 4) is 5.88 Å². The van der Waals surface area contributed by atoms with Crippen LogP contribution in [0.15, 0.2) is 18.3 Å². The Kier molecular flexibility index (Phi) is 3.77. The number of carbonyl (C=O) groups excluding carboxylic acids is 2. The van der Waals surface area contributed by atoms with Gasteiger partial charge in [-0.2, -0.15) is 0 Å². The van der Waals surface area contributed by atoms with Gasteiger partial charge < -0.3 is 15.0 Å². The molecular formula is C15H19N3O3. The first kappa shape index (κ1) is 13.9. The monoisotopic (exact) mass is 289 g/mol. The van der Waals surface area contributed by atoms with E-state index in [1.165, 1.54) is 0 Å². The molecule has 2 aliphatic heterocycles. The van der Waals surface area contributed by atoms with Gasteiger partial charge in [0, 0.05) is 31.6 Å². The van der Waals surface area contributed by atoms with Gasteiger partial charge in [0.2, 0.25) is 17.7 Å². The van der Waals surface area contributed by atoms with Gasteiger partial charge in [0.15, 0.2) is 0 Å². The molecule has 1 N–H and O–H groups in total. The van der Waals surface area contributed by atoms with E-state index >= 15 is 0 Å². The lowest BCUT2D eigenvalue weighted by molar-refractivity contribution is -0.133. The predicted octanol–water partition coefficient (Wildman–Crippen LogP) is 0.648. The summed E-state index contributed by atoms with van der Waals surface area (Å²) in [5.74, 6) is 0.557. The van der Waals surface area contributed by atoms with Gasteiger partial charge in [-0.25, -0.2) is 4.98 Å². The van der Waals surface area contributed by atoms with Gasteiger partial charge in [0.1, 0.15) is 12.1 Å². The number of hydrogen-bond donors (Lipinski definition) is 1. The Morgan fingerprint density at radius 1 is 1.43 bits per heavy atom. The number of aromatic nitrogens is 1. The van der Waals surface area contributed by atoms with Gasteiger partial charge in [0.25, 0.3) is 0 Å². The number of ether oxygens (including phenoxy) is 1. The number of carbonyl (C=O) groups is 2. The summed E-state index contributed by atoms with van der Waals surface area (Å²) in [6.45, 7) is 3.20. The largest absolute Gasteiger partial charge is 0.472 e. The Bertz CT molecular complexity index is 544. The number of pyridine rings is 1. The molecule has 21 heavy (non-hydrogen) atoms. The van der Waals surface area contributed by atoms with Crippen molar-refractivity contribution >= 4 is 11.8 Å². The normalized spacial score (nSPS) is 25.0. The van der Waals surface area contributed by atoms with E-state index < -0.39 is 0 Å². The van der Waals surface area contributed by atoms with E-state index in [0.29, 0.717) is 31.8 Å². The van der Waals surface area contributed by atoms with Crippen molar-refractivity contribution in [2.45, 2.75) is 38.3 Å².